The second kappa shape index (κ2) is 5.45. The predicted octanol–water partition coefficient (Wildman–Crippen LogP) is 1.50. The third kappa shape index (κ3) is 3.82. The molecule has 0 amide bonds. The van der Waals surface area contributed by atoms with Crippen LogP contribution in [0.15, 0.2) is 28.7 Å². The van der Waals surface area contributed by atoms with Gasteiger partial charge in [0.15, 0.2) is 0 Å². The summed E-state index contributed by atoms with van der Waals surface area (Å²) in [7, 11) is 0. The summed E-state index contributed by atoms with van der Waals surface area (Å²) >= 11 is 3.20. The van der Waals surface area contributed by atoms with Crippen molar-refractivity contribution in [3.8, 4) is 0 Å². The van der Waals surface area contributed by atoms with E-state index in [1.54, 1.807) is 24.3 Å². The molecule has 0 radical (unpaired) electrons. The van der Waals surface area contributed by atoms with Gasteiger partial charge < -0.3 is 5.11 Å². The van der Waals surface area contributed by atoms with Gasteiger partial charge in [0.25, 0.3) is 0 Å². The summed E-state index contributed by atoms with van der Waals surface area (Å²) in [6.07, 6.45) is 0. The van der Waals surface area contributed by atoms with Crippen molar-refractivity contribution in [3.05, 3.63) is 34.3 Å². The van der Waals surface area contributed by atoms with Crippen molar-refractivity contribution >= 4 is 73.3 Å². The number of carboxylic acids is 1. The Hall–Kier alpha value is 0.806. The number of aromatic carboxylic acids is 1. The third-order valence-electron chi connectivity index (χ3n) is 1.09. The Bertz CT molecular complexity index is 245. The van der Waals surface area contributed by atoms with Crippen LogP contribution < -0.4 is 0 Å². The van der Waals surface area contributed by atoms with Crippen LogP contribution in [0.5, 0.6) is 0 Å². The SMILES string of the molecule is O=C(O)c1ccc(Br)cc1.[KH]. The summed E-state index contributed by atoms with van der Waals surface area (Å²) in [6.45, 7) is 0. The molecule has 1 aromatic rings. The van der Waals surface area contributed by atoms with Crippen LogP contribution in [0.3, 0.4) is 0 Å². The molecule has 0 aliphatic heterocycles. The molecular formula is C7H6BrKO2. The average Bonchev–Trinajstić information content (AvgIpc) is 1.88. The molecule has 0 saturated carbocycles. The second-order valence-electron chi connectivity index (χ2n) is 1.81. The number of halogens is 1. The number of hydrogen-bond acceptors (Lipinski definition) is 1. The first-order chi connectivity index (χ1) is 4.70. The van der Waals surface area contributed by atoms with Gasteiger partial charge in [0.05, 0.1) is 5.56 Å². The topological polar surface area (TPSA) is 37.3 Å². The van der Waals surface area contributed by atoms with Gasteiger partial charge in [0.1, 0.15) is 0 Å². The normalized spacial score (nSPS) is 8.45. The van der Waals surface area contributed by atoms with Gasteiger partial charge in [-0.15, -0.1) is 0 Å². The maximum atomic E-state index is 10.3. The first-order valence-corrected chi connectivity index (χ1v) is 3.48. The minimum absolute atomic E-state index is 0. The Morgan fingerprint density at radius 1 is 1.27 bits per heavy atom. The Labute approximate surface area is 116 Å². The first kappa shape index (κ1) is 11.8. The summed E-state index contributed by atoms with van der Waals surface area (Å²) in [6, 6.07) is 6.49. The van der Waals surface area contributed by atoms with Crippen molar-refractivity contribution in [2.75, 3.05) is 0 Å². The molecular weight excluding hydrogens is 235 g/mol. The molecule has 0 heterocycles. The predicted molar refractivity (Wildman–Crippen MR) is 48.3 cm³/mol. The fraction of sp³-hybridized carbons (Fsp3) is 0. The van der Waals surface area contributed by atoms with E-state index in [0.29, 0.717) is 5.56 Å². The summed E-state index contributed by atoms with van der Waals surface area (Å²) in [4.78, 5) is 10.3. The number of rotatable bonds is 1. The molecule has 1 N–H and O–H groups in total. The van der Waals surface area contributed by atoms with Crippen molar-refractivity contribution in [1.82, 2.24) is 0 Å². The monoisotopic (exact) mass is 240 g/mol. The van der Waals surface area contributed by atoms with Crippen molar-refractivity contribution in [2.24, 2.45) is 0 Å². The molecule has 0 bridgehead atoms. The summed E-state index contributed by atoms with van der Waals surface area (Å²) in [5.74, 6) is -0.896. The van der Waals surface area contributed by atoms with Gasteiger partial charge >= 0.3 is 57.4 Å². The zero-order valence-electron chi connectivity index (χ0n) is 5.04. The molecule has 11 heavy (non-hydrogen) atoms. The van der Waals surface area contributed by atoms with E-state index in [4.69, 9.17) is 5.11 Å². The van der Waals surface area contributed by atoms with E-state index in [1.807, 2.05) is 0 Å². The van der Waals surface area contributed by atoms with Crippen molar-refractivity contribution in [1.29, 1.82) is 0 Å². The Morgan fingerprint density at radius 3 is 2.09 bits per heavy atom. The standard InChI is InChI=1S/C7H5BrO2.K.H/c8-6-3-1-5(2-4-6)7(9)10;;/h1-4H,(H,9,10);;. The molecule has 0 aliphatic carbocycles. The van der Waals surface area contributed by atoms with E-state index >= 15 is 0 Å². The van der Waals surface area contributed by atoms with Crippen molar-refractivity contribution in [3.63, 3.8) is 0 Å². The molecule has 0 spiro atoms. The van der Waals surface area contributed by atoms with Crippen LogP contribution in [-0.2, 0) is 0 Å². The van der Waals surface area contributed by atoms with E-state index in [9.17, 15) is 4.79 Å². The Kier molecular flexibility index (Phi) is 5.85. The van der Waals surface area contributed by atoms with Gasteiger partial charge in [-0.2, -0.15) is 0 Å². The third-order valence-corrected chi connectivity index (χ3v) is 1.62. The van der Waals surface area contributed by atoms with Gasteiger partial charge in [-0.25, -0.2) is 4.79 Å². The number of carboxylic acid groups (broad SMARTS) is 1. The molecule has 0 aliphatic rings. The van der Waals surface area contributed by atoms with E-state index < -0.39 is 5.97 Å². The molecule has 1 rings (SSSR count). The summed E-state index contributed by atoms with van der Waals surface area (Å²) in [5.41, 5.74) is 0.309. The molecule has 4 heteroatoms. The molecule has 0 saturated heterocycles. The van der Waals surface area contributed by atoms with Crippen LogP contribution in [0, 0.1) is 0 Å². The van der Waals surface area contributed by atoms with Crippen LogP contribution in [0.2, 0.25) is 0 Å². The van der Waals surface area contributed by atoms with Gasteiger partial charge in [-0.1, -0.05) is 15.9 Å². The number of carbonyl (C=O) groups is 1. The molecule has 54 valence electrons. The maximum absolute atomic E-state index is 10.3. The zero-order valence-corrected chi connectivity index (χ0v) is 6.63. The molecule has 1 aromatic carbocycles. The van der Waals surface area contributed by atoms with Crippen molar-refractivity contribution < 1.29 is 9.90 Å². The Morgan fingerprint density at radius 2 is 1.73 bits per heavy atom. The van der Waals surface area contributed by atoms with Gasteiger partial charge in [-0.3, -0.25) is 0 Å². The van der Waals surface area contributed by atoms with E-state index in [0.717, 1.165) is 4.47 Å². The average molecular weight is 241 g/mol. The fourth-order valence-corrected chi connectivity index (χ4v) is 0.857. The summed E-state index contributed by atoms with van der Waals surface area (Å²) < 4.78 is 0.887. The quantitative estimate of drug-likeness (QED) is 0.756. The van der Waals surface area contributed by atoms with Gasteiger partial charge in [-0.05, 0) is 24.3 Å². The number of benzene rings is 1. The first-order valence-electron chi connectivity index (χ1n) is 2.69. The van der Waals surface area contributed by atoms with E-state index in [1.165, 1.54) is 0 Å². The van der Waals surface area contributed by atoms with Crippen LogP contribution >= 0.6 is 15.9 Å². The van der Waals surface area contributed by atoms with E-state index in [-0.39, 0.29) is 51.4 Å². The van der Waals surface area contributed by atoms with Gasteiger partial charge in [0.2, 0.25) is 0 Å². The fourth-order valence-electron chi connectivity index (χ4n) is 0.592. The van der Waals surface area contributed by atoms with Gasteiger partial charge in [0, 0.05) is 4.47 Å². The summed E-state index contributed by atoms with van der Waals surface area (Å²) in [5, 5.41) is 8.46. The molecule has 2 nitrogen and oxygen atoms in total. The van der Waals surface area contributed by atoms with Crippen LogP contribution in [0.4, 0.5) is 0 Å². The van der Waals surface area contributed by atoms with Crippen LogP contribution in [0.25, 0.3) is 0 Å². The van der Waals surface area contributed by atoms with Crippen molar-refractivity contribution in [2.45, 2.75) is 0 Å². The van der Waals surface area contributed by atoms with E-state index in [2.05, 4.69) is 15.9 Å². The zero-order chi connectivity index (χ0) is 7.56. The molecule has 0 atom stereocenters. The minimum atomic E-state index is -0.896. The second-order valence-corrected chi connectivity index (χ2v) is 2.73. The Balaban J connectivity index is 0.000001000. The number of hydrogen-bond donors (Lipinski definition) is 1. The molecule has 0 aromatic heterocycles. The molecule has 0 fully saturated rings. The van der Waals surface area contributed by atoms with Crippen LogP contribution in [0.1, 0.15) is 10.4 Å². The van der Waals surface area contributed by atoms with Crippen LogP contribution in [-0.4, -0.2) is 62.5 Å². The molecule has 0 unspecified atom stereocenters.